The van der Waals surface area contributed by atoms with Crippen LogP contribution in [0.1, 0.15) is 43.2 Å². The maximum absolute atomic E-state index is 6.71. The Morgan fingerprint density at radius 2 is 1.57 bits per heavy atom. The van der Waals surface area contributed by atoms with Crippen molar-refractivity contribution < 1.29 is 0 Å². The number of likely N-dealkylation sites (tertiary alicyclic amines) is 2. The molecule has 0 aliphatic carbocycles. The number of pyridine rings is 2. The molecule has 2 aromatic rings. The zero-order valence-corrected chi connectivity index (χ0v) is 16.7. The van der Waals surface area contributed by atoms with E-state index < -0.39 is 0 Å². The number of nitrogens with zero attached hydrogens (tertiary/aromatic N) is 5. The molecule has 150 valence electrons. The Morgan fingerprint density at radius 3 is 2.21 bits per heavy atom. The summed E-state index contributed by atoms with van der Waals surface area (Å²) in [6, 6.07) is 8.82. The van der Waals surface area contributed by atoms with Gasteiger partial charge in [-0.1, -0.05) is 12.1 Å². The summed E-state index contributed by atoms with van der Waals surface area (Å²) in [7, 11) is 0. The summed E-state index contributed by atoms with van der Waals surface area (Å²) < 4.78 is 0. The van der Waals surface area contributed by atoms with Gasteiger partial charge in [-0.2, -0.15) is 0 Å². The van der Waals surface area contributed by atoms with Crippen molar-refractivity contribution in [3.05, 3.63) is 60.2 Å². The predicted octanol–water partition coefficient (Wildman–Crippen LogP) is 2.63. The Hall–Kier alpha value is -1.86. The molecule has 2 aliphatic rings. The van der Waals surface area contributed by atoms with Crippen LogP contribution in [0.2, 0.25) is 0 Å². The summed E-state index contributed by atoms with van der Waals surface area (Å²) in [6.45, 7) is 5.24. The van der Waals surface area contributed by atoms with Crippen molar-refractivity contribution in [2.45, 2.75) is 57.4 Å². The lowest BCUT2D eigenvalue weighted by Crippen LogP contribution is -2.59. The van der Waals surface area contributed by atoms with E-state index in [1.165, 1.54) is 24.0 Å². The van der Waals surface area contributed by atoms with Crippen molar-refractivity contribution in [2.24, 2.45) is 5.84 Å². The molecular formula is C22H32N6. The molecule has 2 fully saturated rings. The Bertz CT molecular complexity index is 701. The number of piperidine rings is 2. The van der Waals surface area contributed by atoms with Gasteiger partial charge in [-0.3, -0.25) is 25.6 Å². The van der Waals surface area contributed by atoms with E-state index in [1.54, 1.807) is 0 Å². The van der Waals surface area contributed by atoms with Gasteiger partial charge in [-0.25, -0.2) is 5.01 Å². The average Bonchev–Trinajstić information content (AvgIpc) is 2.76. The maximum Gasteiger partial charge on any atom is 0.0761 e. The van der Waals surface area contributed by atoms with E-state index in [1.807, 2.05) is 36.9 Å². The van der Waals surface area contributed by atoms with Gasteiger partial charge in [-0.05, 0) is 55.4 Å². The normalized spacial score (nSPS) is 22.6. The number of rotatable bonds is 6. The van der Waals surface area contributed by atoms with Gasteiger partial charge in [0.2, 0.25) is 0 Å². The zero-order valence-electron chi connectivity index (χ0n) is 16.7. The molecule has 28 heavy (non-hydrogen) atoms. The van der Waals surface area contributed by atoms with Crippen LogP contribution in [-0.4, -0.2) is 56.6 Å². The lowest BCUT2D eigenvalue weighted by Gasteiger charge is -2.45. The van der Waals surface area contributed by atoms with Gasteiger partial charge in [-0.15, -0.1) is 0 Å². The van der Waals surface area contributed by atoms with Crippen LogP contribution in [0.5, 0.6) is 0 Å². The largest absolute Gasteiger partial charge is 0.299 e. The van der Waals surface area contributed by atoms with Gasteiger partial charge in [0.15, 0.2) is 0 Å². The standard InChI is InChI=1S/C22H32N6/c23-28(21-8-13-26(14-9-21)17-19-5-3-10-24-15-19)22-7-1-2-12-27(22)18-20-6-4-11-25-16-20/h3-6,10-11,15-16,21-22H,1-2,7-9,12-14,17-18,23H2. The van der Waals surface area contributed by atoms with Crippen LogP contribution in [0.25, 0.3) is 0 Å². The summed E-state index contributed by atoms with van der Waals surface area (Å²) in [5.41, 5.74) is 2.56. The van der Waals surface area contributed by atoms with E-state index in [0.717, 1.165) is 52.0 Å². The van der Waals surface area contributed by atoms with Crippen LogP contribution in [0.15, 0.2) is 49.1 Å². The van der Waals surface area contributed by atoms with Crippen LogP contribution in [0.3, 0.4) is 0 Å². The summed E-state index contributed by atoms with van der Waals surface area (Å²) in [6.07, 6.45) is 13.9. The Kier molecular flexibility index (Phi) is 6.65. The molecule has 1 unspecified atom stereocenters. The first kappa shape index (κ1) is 19.5. The monoisotopic (exact) mass is 380 g/mol. The molecule has 2 aliphatic heterocycles. The molecular weight excluding hydrogens is 348 g/mol. The number of aromatic nitrogens is 2. The van der Waals surface area contributed by atoms with E-state index in [4.69, 9.17) is 5.84 Å². The van der Waals surface area contributed by atoms with Gasteiger partial charge >= 0.3 is 0 Å². The van der Waals surface area contributed by atoms with Crippen molar-refractivity contribution >= 4 is 0 Å². The molecule has 0 bridgehead atoms. The second-order valence-corrected chi connectivity index (χ2v) is 8.12. The molecule has 0 radical (unpaired) electrons. The second-order valence-electron chi connectivity index (χ2n) is 8.12. The Morgan fingerprint density at radius 1 is 0.893 bits per heavy atom. The smallest absolute Gasteiger partial charge is 0.0761 e. The molecule has 6 heteroatoms. The highest BCUT2D eigenvalue weighted by Crippen LogP contribution is 2.25. The molecule has 2 N–H and O–H groups in total. The Balaban J connectivity index is 1.32. The van der Waals surface area contributed by atoms with Crippen molar-refractivity contribution in [1.82, 2.24) is 24.8 Å². The molecule has 2 saturated heterocycles. The number of hydrazine groups is 1. The van der Waals surface area contributed by atoms with E-state index in [-0.39, 0.29) is 0 Å². The lowest BCUT2D eigenvalue weighted by atomic mass is 10.00. The SMILES string of the molecule is NN(C1CCN(Cc2cccnc2)CC1)C1CCCCN1Cc1cccnc1. The number of hydrogen-bond donors (Lipinski definition) is 1. The van der Waals surface area contributed by atoms with E-state index >= 15 is 0 Å². The second kappa shape index (κ2) is 9.56. The average molecular weight is 381 g/mol. The maximum atomic E-state index is 6.71. The van der Waals surface area contributed by atoms with Crippen LogP contribution < -0.4 is 5.84 Å². The fraction of sp³-hybridized carbons (Fsp3) is 0.545. The van der Waals surface area contributed by atoms with E-state index in [9.17, 15) is 0 Å². The van der Waals surface area contributed by atoms with Crippen LogP contribution >= 0.6 is 0 Å². The van der Waals surface area contributed by atoms with Crippen LogP contribution in [0.4, 0.5) is 0 Å². The van der Waals surface area contributed by atoms with E-state index in [0.29, 0.717) is 12.2 Å². The molecule has 1 atom stereocenters. The van der Waals surface area contributed by atoms with E-state index in [2.05, 4.69) is 36.9 Å². The van der Waals surface area contributed by atoms with Crippen molar-refractivity contribution in [2.75, 3.05) is 19.6 Å². The Labute approximate surface area is 168 Å². The molecule has 0 saturated carbocycles. The quantitative estimate of drug-likeness (QED) is 0.614. The summed E-state index contributed by atoms with van der Waals surface area (Å²) in [5, 5.41) is 2.18. The highest BCUT2D eigenvalue weighted by molar-refractivity contribution is 5.09. The fourth-order valence-electron chi connectivity index (χ4n) is 4.59. The van der Waals surface area contributed by atoms with Crippen molar-refractivity contribution in [3.8, 4) is 0 Å². The lowest BCUT2D eigenvalue weighted by molar-refractivity contribution is -0.0351. The molecule has 0 aromatic carbocycles. The molecule has 4 heterocycles. The van der Waals surface area contributed by atoms with Crippen molar-refractivity contribution in [3.63, 3.8) is 0 Å². The first-order valence-corrected chi connectivity index (χ1v) is 10.6. The van der Waals surface area contributed by atoms with Crippen LogP contribution in [-0.2, 0) is 13.1 Å². The minimum Gasteiger partial charge on any atom is -0.299 e. The third kappa shape index (κ3) is 4.94. The van der Waals surface area contributed by atoms with Gasteiger partial charge < -0.3 is 0 Å². The minimum atomic E-state index is 0.337. The predicted molar refractivity (Wildman–Crippen MR) is 111 cm³/mol. The fourth-order valence-corrected chi connectivity index (χ4v) is 4.59. The topological polar surface area (TPSA) is 61.5 Å². The highest BCUT2D eigenvalue weighted by Gasteiger charge is 2.32. The minimum absolute atomic E-state index is 0.337. The van der Waals surface area contributed by atoms with Crippen molar-refractivity contribution in [1.29, 1.82) is 0 Å². The molecule has 2 aromatic heterocycles. The molecule has 0 spiro atoms. The third-order valence-corrected chi connectivity index (χ3v) is 6.14. The number of hydrogen-bond acceptors (Lipinski definition) is 6. The summed E-state index contributed by atoms with van der Waals surface area (Å²) >= 11 is 0. The molecule has 6 nitrogen and oxygen atoms in total. The van der Waals surface area contributed by atoms with Crippen LogP contribution in [0, 0.1) is 0 Å². The highest BCUT2D eigenvalue weighted by atomic mass is 15.5. The molecule has 4 rings (SSSR count). The first-order chi connectivity index (χ1) is 13.8. The summed E-state index contributed by atoms with van der Waals surface area (Å²) in [5.74, 6) is 6.71. The van der Waals surface area contributed by atoms with Gasteiger partial charge in [0.05, 0.1) is 6.17 Å². The van der Waals surface area contributed by atoms with Gasteiger partial charge in [0.25, 0.3) is 0 Å². The molecule has 0 amide bonds. The third-order valence-electron chi connectivity index (χ3n) is 6.14. The summed E-state index contributed by atoms with van der Waals surface area (Å²) in [4.78, 5) is 13.6. The number of nitrogens with two attached hydrogens (primary N) is 1. The zero-order chi connectivity index (χ0) is 19.2. The first-order valence-electron chi connectivity index (χ1n) is 10.6. The van der Waals surface area contributed by atoms with Gasteiger partial charge in [0.1, 0.15) is 0 Å². The van der Waals surface area contributed by atoms with Gasteiger partial charge in [0, 0.05) is 63.6 Å².